The zero-order valence-electron chi connectivity index (χ0n) is 15.2. The van der Waals surface area contributed by atoms with Crippen LogP contribution in [0.4, 0.5) is 5.69 Å². The van der Waals surface area contributed by atoms with E-state index in [4.69, 9.17) is 4.74 Å². The molecule has 0 radical (unpaired) electrons. The molecule has 1 fully saturated rings. The number of rotatable bonds is 6. The van der Waals surface area contributed by atoms with Crippen molar-refractivity contribution in [2.45, 2.75) is 44.0 Å². The molecule has 6 nitrogen and oxygen atoms in total. The van der Waals surface area contributed by atoms with Gasteiger partial charge in [-0.1, -0.05) is 18.9 Å². The Bertz CT molecular complexity index is 760. The Hall–Kier alpha value is -1.41. The molecular formula is C18H26N2O4S2. The zero-order chi connectivity index (χ0) is 18.7. The number of nitrogens with one attached hydrogen (secondary N) is 1. The van der Waals surface area contributed by atoms with Gasteiger partial charge in [0.2, 0.25) is 10.0 Å². The highest BCUT2D eigenvalue weighted by atomic mass is 32.2. The Balaban J connectivity index is 1.61. The van der Waals surface area contributed by atoms with Crippen molar-refractivity contribution >= 4 is 33.4 Å². The first-order valence-corrected chi connectivity index (χ1v) is 11.9. The van der Waals surface area contributed by atoms with Crippen molar-refractivity contribution in [3.8, 4) is 5.75 Å². The number of nitrogens with zero attached hydrogens (tertiary/aromatic N) is 1. The average Bonchev–Trinajstić information content (AvgIpc) is 3.10. The largest absolute Gasteiger partial charge is 0.476 e. The molecule has 0 aromatic heterocycles. The van der Waals surface area contributed by atoms with Gasteiger partial charge in [-0.2, -0.15) is 11.8 Å². The summed E-state index contributed by atoms with van der Waals surface area (Å²) < 4.78 is 31.4. The van der Waals surface area contributed by atoms with E-state index in [1.54, 1.807) is 12.1 Å². The second-order valence-electron chi connectivity index (χ2n) is 6.94. The Kier molecular flexibility index (Phi) is 6.02. The fraction of sp³-hybridized carbons (Fsp3) is 0.611. The van der Waals surface area contributed by atoms with E-state index in [1.807, 2.05) is 24.8 Å². The minimum absolute atomic E-state index is 0.00309. The standard InChI is InChI=1S/C18H26N2O4S2/c1-13-7-8-16-15(11-13)20(26(2,22)23)12-17(24-16)18(21)19-9-10-25-14-5-3-4-6-14/h7-8,11,14,17H,3-6,9-10,12H2,1-2H3,(H,19,21)/t17-/m0/s1. The van der Waals surface area contributed by atoms with E-state index >= 15 is 0 Å². The van der Waals surface area contributed by atoms with Crippen LogP contribution in [-0.2, 0) is 14.8 Å². The number of carbonyl (C=O) groups is 1. The summed E-state index contributed by atoms with van der Waals surface area (Å²) in [5.74, 6) is 1.03. The maximum Gasteiger partial charge on any atom is 0.263 e. The number of anilines is 1. The molecule has 1 aliphatic carbocycles. The van der Waals surface area contributed by atoms with Gasteiger partial charge in [0.1, 0.15) is 5.75 Å². The minimum Gasteiger partial charge on any atom is -0.476 e. The molecule has 26 heavy (non-hydrogen) atoms. The summed E-state index contributed by atoms with van der Waals surface area (Å²) in [5.41, 5.74) is 1.43. The van der Waals surface area contributed by atoms with Gasteiger partial charge in [0.25, 0.3) is 5.91 Å². The van der Waals surface area contributed by atoms with Crippen molar-refractivity contribution < 1.29 is 17.9 Å². The maximum absolute atomic E-state index is 12.5. The Morgan fingerprint density at radius 2 is 2.08 bits per heavy atom. The van der Waals surface area contributed by atoms with Crippen LogP contribution in [-0.4, -0.2) is 50.8 Å². The molecule has 1 aromatic carbocycles. The number of sulfonamides is 1. The summed E-state index contributed by atoms with van der Waals surface area (Å²) in [4.78, 5) is 12.5. The Morgan fingerprint density at radius 1 is 1.35 bits per heavy atom. The lowest BCUT2D eigenvalue weighted by molar-refractivity contribution is -0.127. The number of carbonyl (C=O) groups excluding carboxylic acids is 1. The first-order valence-electron chi connectivity index (χ1n) is 8.99. The van der Waals surface area contributed by atoms with Gasteiger partial charge in [0.15, 0.2) is 6.10 Å². The maximum atomic E-state index is 12.5. The van der Waals surface area contributed by atoms with Gasteiger partial charge in [0, 0.05) is 17.5 Å². The van der Waals surface area contributed by atoms with Gasteiger partial charge in [-0.15, -0.1) is 0 Å². The third-order valence-electron chi connectivity index (χ3n) is 4.73. The number of hydrogen-bond acceptors (Lipinski definition) is 5. The normalized spacial score (nSPS) is 20.5. The monoisotopic (exact) mass is 398 g/mol. The molecular weight excluding hydrogens is 372 g/mol. The van der Waals surface area contributed by atoms with E-state index in [0.717, 1.165) is 17.6 Å². The van der Waals surface area contributed by atoms with Gasteiger partial charge < -0.3 is 10.1 Å². The van der Waals surface area contributed by atoms with Crippen molar-refractivity contribution in [3.05, 3.63) is 23.8 Å². The summed E-state index contributed by atoms with van der Waals surface area (Å²) >= 11 is 1.91. The molecule has 144 valence electrons. The number of aryl methyl sites for hydroxylation is 1. The summed E-state index contributed by atoms with van der Waals surface area (Å²) in [6.45, 7) is 2.46. The van der Waals surface area contributed by atoms with Gasteiger partial charge in [0.05, 0.1) is 18.5 Å². The van der Waals surface area contributed by atoms with E-state index in [9.17, 15) is 13.2 Å². The quantitative estimate of drug-likeness (QED) is 0.744. The van der Waals surface area contributed by atoms with Crippen LogP contribution in [0.15, 0.2) is 18.2 Å². The van der Waals surface area contributed by atoms with Crippen molar-refractivity contribution in [2.75, 3.05) is 29.4 Å². The van der Waals surface area contributed by atoms with Crippen LogP contribution in [0.5, 0.6) is 5.75 Å². The van der Waals surface area contributed by atoms with Gasteiger partial charge in [-0.05, 0) is 37.5 Å². The van der Waals surface area contributed by atoms with Crippen LogP contribution in [0.1, 0.15) is 31.2 Å². The molecule has 0 unspecified atom stereocenters. The number of benzene rings is 1. The van der Waals surface area contributed by atoms with Crippen LogP contribution in [0.3, 0.4) is 0 Å². The van der Waals surface area contributed by atoms with Crippen LogP contribution in [0.25, 0.3) is 0 Å². The van der Waals surface area contributed by atoms with E-state index in [1.165, 1.54) is 30.0 Å². The third kappa shape index (κ3) is 4.65. The number of ether oxygens (including phenoxy) is 1. The van der Waals surface area contributed by atoms with Gasteiger partial charge in [-0.3, -0.25) is 9.10 Å². The molecule has 1 aliphatic heterocycles. The molecule has 2 aliphatic rings. The molecule has 3 rings (SSSR count). The lowest BCUT2D eigenvalue weighted by atomic mass is 10.1. The van der Waals surface area contributed by atoms with E-state index < -0.39 is 16.1 Å². The lowest BCUT2D eigenvalue weighted by Gasteiger charge is -2.34. The lowest BCUT2D eigenvalue weighted by Crippen LogP contribution is -2.50. The predicted molar refractivity (Wildman–Crippen MR) is 106 cm³/mol. The van der Waals surface area contributed by atoms with Crippen LogP contribution < -0.4 is 14.4 Å². The smallest absolute Gasteiger partial charge is 0.263 e. The fourth-order valence-corrected chi connectivity index (χ4v) is 5.51. The zero-order valence-corrected chi connectivity index (χ0v) is 16.9. The minimum atomic E-state index is -3.49. The molecule has 8 heteroatoms. The van der Waals surface area contributed by atoms with Crippen molar-refractivity contribution in [1.82, 2.24) is 5.32 Å². The highest BCUT2D eigenvalue weighted by Crippen LogP contribution is 2.35. The Labute approximate surface area is 159 Å². The number of hydrogen-bond donors (Lipinski definition) is 1. The summed E-state index contributed by atoms with van der Waals surface area (Å²) in [5, 5.41) is 3.60. The van der Waals surface area contributed by atoms with Crippen molar-refractivity contribution in [2.24, 2.45) is 0 Å². The van der Waals surface area contributed by atoms with Gasteiger partial charge >= 0.3 is 0 Å². The highest BCUT2D eigenvalue weighted by molar-refractivity contribution is 7.99. The molecule has 0 spiro atoms. The van der Waals surface area contributed by atoms with Crippen molar-refractivity contribution in [1.29, 1.82) is 0 Å². The fourth-order valence-electron chi connectivity index (χ4n) is 3.38. The number of fused-ring (bicyclic) bond motifs is 1. The van der Waals surface area contributed by atoms with Gasteiger partial charge in [-0.25, -0.2) is 8.42 Å². The number of amides is 1. The molecule has 1 saturated carbocycles. The van der Waals surface area contributed by atoms with E-state index in [0.29, 0.717) is 23.2 Å². The topological polar surface area (TPSA) is 75.7 Å². The van der Waals surface area contributed by atoms with Crippen LogP contribution in [0.2, 0.25) is 0 Å². The average molecular weight is 399 g/mol. The first kappa shape index (κ1) is 19.4. The third-order valence-corrected chi connectivity index (χ3v) is 7.26. The predicted octanol–water partition coefficient (Wildman–Crippen LogP) is 2.31. The first-order chi connectivity index (χ1) is 12.3. The molecule has 1 heterocycles. The van der Waals surface area contributed by atoms with Crippen molar-refractivity contribution in [3.63, 3.8) is 0 Å². The highest BCUT2D eigenvalue weighted by Gasteiger charge is 2.34. The second-order valence-corrected chi connectivity index (χ2v) is 10.3. The molecule has 1 atom stereocenters. The van der Waals surface area contributed by atoms with Crippen LogP contribution >= 0.6 is 11.8 Å². The summed E-state index contributed by atoms with van der Waals surface area (Å²) in [6.07, 6.45) is 5.46. The summed E-state index contributed by atoms with van der Waals surface area (Å²) in [6, 6.07) is 5.33. The second kappa shape index (κ2) is 8.08. The van der Waals surface area contributed by atoms with E-state index in [-0.39, 0.29) is 12.5 Å². The molecule has 0 bridgehead atoms. The molecule has 1 N–H and O–H groups in total. The van der Waals surface area contributed by atoms with E-state index in [2.05, 4.69) is 5.32 Å². The molecule has 1 aromatic rings. The van der Waals surface area contributed by atoms with Crippen LogP contribution in [0, 0.1) is 6.92 Å². The molecule has 1 amide bonds. The molecule has 0 saturated heterocycles. The number of thioether (sulfide) groups is 1. The SMILES string of the molecule is Cc1ccc2c(c1)N(S(C)(=O)=O)C[C@@H](C(=O)NCCSC1CCCC1)O2. The summed E-state index contributed by atoms with van der Waals surface area (Å²) in [7, 11) is -3.49. The Morgan fingerprint density at radius 3 is 2.77 bits per heavy atom.